The predicted molar refractivity (Wildman–Crippen MR) is 68.6 cm³/mol. The first-order chi connectivity index (χ1) is 6.92. The molecule has 86 valence electrons. The van der Waals surface area contributed by atoms with Crippen molar-refractivity contribution < 1.29 is 0 Å². The van der Waals surface area contributed by atoms with Gasteiger partial charge in [0.15, 0.2) is 0 Å². The molecule has 0 aliphatic carbocycles. The summed E-state index contributed by atoms with van der Waals surface area (Å²) in [6.45, 7) is 4.11. The van der Waals surface area contributed by atoms with Crippen molar-refractivity contribution >= 4 is 22.9 Å². The number of nitrogens with one attached hydrogen (secondary N) is 1. The quantitative estimate of drug-likeness (QED) is 0.838. The molecule has 1 aromatic heterocycles. The molecule has 0 radical (unpaired) electrons. The highest BCUT2D eigenvalue weighted by atomic mass is 35.5. The molecule has 1 heterocycles. The molecule has 1 unspecified atom stereocenters. The van der Waals surface area contributed by atoms with Gasteiger partial charge in [-0.3, -0.25) is 0 Å². The third kappa shape index (κ3) is 4.51. The molecule has 0 spiro atoms. The van der Waals surface area contributed by atoms with Crippen LogP contribution in [0.2, 0.25) is 4.34 Å². The first kappa shape index (κ1) is 13.0. The minimum Gasteiger partial charge on any atom is -0.326 e. The lowest BCUT2D eigenvalue weighted by Gasteiger charge is -2.22. The summed E-state index contributed by atoms with van der Waals surface area (Å²) in [5.41, 5.74) is 5.87. The normalized spacial score (nSPS) is 14.2. The molecule has 4 heteroatoms. The van der Waals surface area contributed by atoms with E-state index in [4.69, 9.17) is 17.3 Å². The average molecular weight is 247 g/mol. The topological polar surface area (TPSA) is 38.0 Å². The minimum absolute atomic E-state index is 0.101. The van der Waals surface area contributed by atoms with E-state index in [-0.39, 0.29) is 5.54 Å². The van der Waals surface area contributed by atoms with Gasteiger partial charge in [0.05, 0.1) is 4.34 Å². The van der Waals surface area contributed by atoms with Gasteiger partial charge in [0.25, 0.3) is 0 Å². The fourth-order valence-corrected chi connectivity index (χ4v) is 2.67. The van der Waals surface area contributed by atoms with Gasteiger partial charge in [0, 0.05) is 16.5 Å². The van der Waals surface area contributed by atoms with Crippen molar-refractivity contribution in [2.24, 2.45) is 5.73 Å². The van der Waals surface area contributed by atoms with Crippen molar-refractivity contribution in [3.63, 3.8) is 0 Å². The maximum Gasteiger partial charge on any atom is 0.0931 e. The summed E-state index contributed by atoms with van der Waals surface area (Å²) in [5, 5.41) is 3.30. The second-order valence-electron chi connectivity index (χ2n) is 4.51. The number of hydrogen-bond donors (Lipinski definition) is 2. The lowest BCUT2D eigenvalue weighted by Crippen LogP contribution is -2.33. The van der Waals surface area contributed by atoms with Crippen LogP contribution in [0.4, 0.5) is 0 Å². The summed E-state index contributed by atoms with van der Waals surface area (Å²) in [6.07, 6.45) is 2.03. The van der Waals surface area contributed by atoms with Crippen LogP contribution >= 0.6 is 22.9 Å². The van der Waals surface area contributed by atoms with Crippen LogP contribution in [0, 0.1) is 0 Å². The molecular formula is C11H19ClN2S. The Bertz CT molecular complexity index is 304. The highest BCUT2D eigenvalue weighted by Gasteiger charge is 2.16. The van der Waals surface area contributed by atoms with E-state index in [1.807, 2.05) is 13.1 Å². The summed E-state index contributed by atoms with van der Waals surface area (Å²) >= 11 is 7.55. The summed E-state index contributed by atoms with van der Waals surface area (Å²) in [5.74, 6) is 0. The zero-order valence-electron chi connectivity index (χ0n) is 9.51. The molecular weight excluding hydrogens is 228 g/mol. The monoisotopic (exact) mass is 246 g/mol. The van der Waals surface area contributed by atoms with Crippen molar-refractivity contribution in [2.45, 2.75) is 38.3 Å². The van der Waals surface area contributed by atoms with E-state index < -0.39 is 0 Å². The van der Waals surface area contributed by atoms with Crippen molar-refractivity contribution in [3.05, 3.63) is 21.3 Å². The van der Waals surface area contributed by atoms with E-state index in [1.165, 1.54) is 4.88 Å². The Labute approximate surface area is 101 Å². The molecule has 0 saturated carbocycles. The molecule has 0 aliphatic rings. The first-order valence-electron chi connectivity index (χ1n) is 5.14. The van der Waals surface area contributed by atoms with Crippen molar-refractivity contribution in [2.75, 3.05) is 7.05 Å². The summed E-state index contributed by atoms with van der Waals surface area (Å²) in [4.78, 5) is 1.28. The van der Waals surface area contributed by atoms with Crippen LogP contribution in [0.3, 0.4) is 0 Å². The van der Waals surface area contributed by atoms with Gasteiger partial charge in [-0.1, -0.05) is 11.6 Å². The maximum atomic E-state index is 5.97. The Kier molecular flexibility index (Phi) is 4.59. The average Bonchev–Trinajstić information content (AvgIpc) is 2.51. The van der Waals surface area contributed by atoms with Gasteiger partial charge in [-0.2, -0.15) is 0 Å². The highest BCUT2D eigenvalue weighted by Crippen LogP contribution is 2.30. The van der Waals surface area contributed by atoms with Gasteiger partial charge < -0.3 is 11.1 Å². The van der Waals surface area contributed by atoms with Crippen LogP contribution in [0.5, 0.6) is 0 Å². The molecule has 1 rings (SSSR count). The van der Waals surface area contributed by atoms with Crippen LogP contribution in [-0.4, -0.2) is 12.6 Å². The number of hydrogen-bond acceptors (Lipinski definition) is 3. The molecule has 3 N–H and O–H groups in total. The van der Waals surface area contributed by atoms with E-state index in [2.05, 4.69) is 25.2 Å². The third-order valence-electron chi connectivity index (χ3n) is 2.36. The standard InChI is InChI=1S/C11H19ClN2S/c1-11(2,13)7-6-8(14-3)9-4-5-10(12)15-9/h4-5,8,14H,6-7,13H2,1-3H3. The molecule has 0 aliphatic heterocycles. The molecule has 15 heavy (non-hydrogen) atoms. The molecule has 0 amide bonds. The fraction of sp³-hybridized carbons (Fsp3) is 0.636. The summed E-state index contributed by atoms with van der Waals surface area (Å²) in [6, 6.07) is 4.39. The zero-order chi connectivity index (χ0) is 11.5. The molecule has 0 bridgehead atoms. The smallest absolute Gasteiger partial charge is 0.0931 e. The SMILES string of the molecule is CNC(CCC(C)(C)N)c1ccc(Cl)s1. The van der Waals surface area contributed by atoms with Crippen LogP contribution in [0.25, 0.3) is 0 Å². The fourth-order valence-electron chi connectivity index (χ4n) is 1.46. The number of rotatable bonds is 5. The van der Waals surface area contributed by atoms with Crippen LogP contribution < -0.4 is 11.1 Å². The molecule has 0 saturated heterocycles. The Hall–Kier alpha value is -0.0900. The van der Waals surface area contributed by atoms with Crippen LogP contribution in [0.15, 0.2) is 12.1 Å². The summed E-state index contributed by atoms with van der Waals surface area (Å²) < 4.78 is 0.845. The summed E-state index contributed by atoms with van der Waals surface area (Å²) in [7, 11) is 1.97. The zero-order valence-corrected chi connectivity index (χ0v) is 11.1. The van der Waals surface area contributed by atoms with E-state index in [0.717, 1.165) is 17.2 Å². The van der Waals surface area contributed by atoms with Crippen molar-refractivity contribution in [1.29, 1.82) is 0 Å². The van der Waals surface area contributed by atoms with Gasteiger partial charge in [0.2, 0.25) is 0 Å². The molecule has 1 atom stereocenters. The van der Waals surface area contributed by atoms with Crippen molar-refractivity contribution in [1.82, 2.24) is 5.32 Å². The molecule has 0 aromatic carbocycles. The largest absolute Gasteiger partial charge is 0.326 e. The first-order valence-corrected chi connectivity index (χ1v) is 6.33. The van der Waals surface area contributed by atoms with Gasteiger partial charge >= 0.3 is 0 Å². The van der Waals surface area contributed by atoms with Crippen molar-refractivity contribution in [3.8, 4) is 0 Å². The Morgan fingerprint density at radius 3 is 2.60 bits per heavy atom. The van der Waals surface area contributed by atoms with Crippen LogP contribution in [0.1, 0.15) is 37.6 Å². The molecule has 2 nitrogen and oxygen atoms in total. The Morgan fingerprint density at radius 2 is 2.20 bits per heavy atom. The third-order valence-corrected chi connectivity index (χ3v) is 3.71. The van der Waals surface area contributed by atoms with Gasteiger partial charge in [-0.05, 0) is 45.9 Å². The second kappa shape index (κ2) is 5.30. The number of halogens is 1. The van der Waals surface area contributed by atoms with Gasteiger partial charge in [-0.25, -0.2) is 0 Å². The van der Waals surface area contributed by atoms with Gasteiger partial charge in [-0.15, -0.1) is 11.3 Å². The molecule has 1 aromatic rings. The predicted octanol–water partition coefficient (Wildman–Crippen LogP) is 3.18. The number of nitrogens with two attached hydrogens (primary N) is 1. The number of thiophene rings is 1. The Balaban J connectivity index is 2.57. The molecule has 0 fully saturated rings. The lowest BCUT2D eigenvalue weighted by atomic mass is 9.96. The van der Waals surface area contributed by atoms with E-state index in [1.54, 1.807) is 11.3 Å². The Morgan fingerprint density at radius 1 is 1.53 bits per heavy atom. The maximum absolute atomic E-state index is 5.97. The second-order valence-corrected chi connectivity index (χ2v) is 6.26. The van der Waals surface area contributed by atoms with E-state index >= 15 is 0 Å². The lowest BCUT2D eigenvalue weighted by molar-refractivity contribution is 0.413. The van der Waals surface area contributed by atoms with Gasteiger partial charge in [0.1, 0.15) is 0 Å². The van der Waals surface area contributed by atoms with E-state index in [0.29, 0.717) is 6.04 Å². The minimum atomic E-state index is -0.101. The highest BCUT2D eigenvalue weighted by molar-refractivity contribution is 7.16. The van der Waals surface area contributed by atoms with E-state index in [9.17, 15) is 0 Å². The van der Waals surface area contributed by atoms with Crippen LogP contribution in [-0.2, 0) is 0 Å².